The van der Waals surface area contributed by atoms with Crippen LogP contribution < -0.4 is 25.8 Å². The molecule has 4 aromatic rings. The minimum Gasteiger partial charge on any atom is -0.489 e. The molecule has 0 radical (unpaired) electrons. The lowest BCUT2D eigenvalue weighted by Crippen LogP contribution is -2.22. The molecule has 36 heavy (non-hydrogen) atoms. The van der Waals surface area contributed by atoms with Crippen molar-refractivity contribution in [2.45, 2.75) is 6.61 Å². The van der Waals surface area contributed by atoms with Crippen molar-refractivity contribution < 1.29 is 19.0 Å². The van der Waals surface area contributed by atoms with Gasteiger partial charge in [0.15, 0.2) is 0 Å². The number of fused-ring (bicyclic) bond motifs is 1. The summed E-state index contributed by atoms with van der Waals surface area (Å²) < 4.78 is 16.6. The summed E-state index contributed by atoms with van der Waals surface area (Å²) in [4.78, 5) is 25.0. The maximum Gasteiger partial charge on any atom is 0.238 e. The molecule has 0 saturated heterocycles. The number of nitrogens with zero attached hydrogens (tertiary/aromatic N) is 3. The van der Waals surface area contributed by atoms with E-state index in [1.807, 2.05) is 24.3 Å². The van der Waals surface area contributed by atoms with Gasteiger partial charge >= 0.3 is 0 Å². The molecule has 0 fully saturated rings. The van der Waals surface area contributed by atoms with Crippen molar-refractivity contribution >= 4 is 45.6 Å². The van der Waals surface area contributed by atoms with Crippen LogP contribution in [0.2, 0.25) is 5.02 Å². The van der Waals surface area contributed by atoms with E-state index in [0.29, 0.717) is 64.4 Å². The van der Waals surface area contributed by atoms with E-state index in [1.165, 1.54) is 6.33 Å². The largest absolute Gasteiger partial charge is 0.489 e. The van der Waals surface area contributed by atoms with Gasteiger partial charge in [0.25, 0.3) is 0 Å². The SMILES string of the molecule is COCCOc1cc2ncnc(Nc3ccc(OCc4ccccn4)c(Cl)c3)c2cc1NC(=O)CN. The Balaban J connectivity index is 1.58. The fourth-order valence-corrected chi connectivity index (χ4v) is 3.54. The fourth-order valence-electron chi connectivity index (χ4n) is 3.30. The summed E-state index contributed by atoms with van der Waals surface area (Å²) in [6.45, 7) is 0.827. The van der Waals surface area contributed by atoms with E-state index < -0.39 is 0 Å². The van der Waals surface area contributed by atoms with E-state index >= 15 is 0 Å². The predicted octanol–water partition coefficient (Wildman–Crippen LogP) is 3.92. The Morgan fingerprint density at radius 1 is 1.03 bits per heavy atom. The number of methoxy groups -OCH3 is 1. The first-order valence-corrected chi connectivity index (χ1v) is 11.4. The van der Waals surface area contributed by atoms with Crippen molar-refractivity contribution in [2.75, 3.05) is 37.5 Å². The Morgan fingerprint density at radius 3 is 2.67 bits per heavy atom. The second-order valence-electron chi connectivity index (χ2n) is 7.56. The number of nitrogens with two attached hydrogens (primary N) is 1. The van der Waals surface area contributed by atoms with E-state index in [-0.39, 0.29) is 12.5 Å². The number of carbonyl (C=O) groups excluding carboxylic acids is 1. The lowest BCUT2D eigenvalue weighted by Gasteiger charge is -2.15. The summed E-state index contributed by atoms with van der Waals surface area (Å²) in [5, 5.41) is 7.10. The zero-order chi connectivity index (χ0) is 25.3. The maximum atomic E-state index is 12.0. The quantitative estimate of drug-likeness (QED) is 0.258. The molecule has 0 atom stereocenters. The van der Waals surface area contributed by atoms with Crippen molar-refractivity contribution in [3.8, 4) is 11.5 Å². The number of nitrogens with one attached hydrogen (secondary N) is 2. The molecule has 0 aliphatic rings. The van der Waals surface area contributed by atoms with E-state index in [2.05, 4.69) is 25.6 Å². The highest BCUT2D eigenvalue weighted by molar-refractivity contribution is 6.32. The van der Waals surface area contributed by atoms with Crippen LogP contribution in [0.25, 0.3) is 10.9 Å². The van der Waals surface area contributed by atoms with Gasteiger partial charge in [0.2, 0.25) is 5.91 Å². The highest BCUT2D eigenvalue weighted by atomic mass is 35.5. The first-order chi connectivity index (χ1) is 17.6. The Labute approximate surface area is 212 Å². The van der Waals surface area contributed by atoms with E-state index in [1.54, 1.807) is 37.6 Å². The monoisotopic (exact) mass is 508 g/mol. The number of rotatable bonds is 11. The normalized spacial score (nSPS) is 10.8. The number of halogens is 1. The van der Waals surface area contributed by atoms with Crippen LogP contribution in [0, 0.1) is 0 Å². The molecule has 2 aromatic heterocycles. The second-order valence-corrected chi connectivity index (χ2v) is 7.97. The smallest absolute Gasteiger partial charge is 0.238 e. The van der Waals surface area contributed by atoms with Crippen LogP contribution in [0.5, 0.6) is 11.5 Å². The first kappa shape index (κ1) is 25.1. The molecular weight excluding hydrogens is 484 g/mol. The minimum atomic E-state index is -0.356. The topological polar surface area (TPSA) is 134 Å². The molecule has 186 valence electrons. The fraction of sp³-hybridized carbons (Fsp3) is 0.200. The predicted molar refractivity (Wildman–Crippen MR) is 138 cm³/mol. The Bertz CT molecular complexity index is 1340. The third-order valence-electron chi connectivity index (χ3n) is 5.04. The van der Waals surface area contributed by atoms with Crippen LogP contribution in [0.1, 0.15) is 5.69 Å². The summed E-state index contributed by atoms with van der Waals surface area (Å²) in [5.41, 5.74) is 8.04. The number of carbonyl (C=O) groups is 1. The van der Waals surface area contributed by atoms with Gasteiger partial charge in [-0.3, -0.25) is 9.78 Å². The van der Waals surface area contributed by atoms with Crippen LogP contribution >= 0.6 is 11.6 Å². The summed E-state index contributed by atoms with van der Waals surface area (Å²) >= 11 is 6.46. The highest BCUT2D eigenvalue weighted by Gasteiger charge is 2.14. The molecule has 2 heterocycles. The molecular formula is C25H25ClN6O4. The number of aromatic nitrogens is 3. The lowest BCUT2D eigenvalue weighted by molar-refractivity contribution is -0.114. The van der Waals surface area contributed by atoms with E-state index in [4.69, 9.17) is 31.5 Å². The van der Waals surface area contributed by atoms with Gasteiger partial charge in [-0.1, -0.05) is 17.7 Å². The third-order valence-corrected chi connectivity index (χ3v) is 5.33. The summed E-state index contributed by atoms with van der Waals surface area (Å²) in [6.07, 6.45) is 3.15. The van der Waals surface area contributed by atoms with Gasteiger partial charge in [0.1, 0.15) is 36.9 Å². The molecule has 2 aromatic carbocycles. The summed E-state index contributed by atoms with van der Waals surface area (Å²) in [7, 11) is 1.58. The van der Waals surface area contributed by atoms with Crippen molar-refractivity contribution in [2.24, 2.45) is 5.73 Å². The Morgan fingerprint density at radius 2 is 1.92 bits per heavy atom. The molecule has 11 heteroatoms. The van der Waals surface area contributed by atoms with Crippen molar-refractivity contribution in [3.05, 3.63) is 71.8 Å². The zero-order valence-corrected chi connectivity index (χ0v) is 20.3. The van der Waals surface area contributed by atoms with Gasteiger partial charge < -0.3 is 30.6 Å². The van der Waals surface area contributed by atoms with Gasteiger partial charge in [0.05, 0.1) is 35.1 Å². The molecule has 0 aliphatic heterocycles. The number of hydrogen-bond donors (Lipinski definition) is 3. The number of benzene rings is 2. The van der Waals surface area contributed by atoms with Gasteiger partial charge in [0, 0.05) is 30.4 Å². The molecule has 4 N–H and O–H groups in total. The first-order valence-electron chi connectivity index (χ1n) is 11.1. The maximum absolute atomic E-state index is 12.0. The van der Waals surface area contributed by atoms with Gasteiger partial charge in [-0.15, -0.1) is 0 Å². The average molecular weight is 509 g/mol. The lowest BCUT2D eigenvalue weighted by atomic mass is 10.1. The van der Waals surface area contributed by atoms with E-state index in [9.17, 15) is 4.79 Å². The Hall–Kier alpha value is -3.99. The molecule has 0 saturated carbocycles. The number of ether oxygens (including phenoxy) is 3. The molecule has 4 rings (SSSR count). The van der Waals surface area contributed by atoms with Crippen molar-refractivity contribution in [3.63, 3.8) is 0 Å². The minimum absolute atomic E-state index is 0.167. The zero-order valence-electron chi connectivity index (χ0n) is 19.5. The molecule has 10 nitrogen and oxygen atoms in total. The highest BCUT2D eigenvalue weighted by Crippen LogP contribution is 2.35. The van der Waals surface area contributed by atoms with Crippen LogP contribution in [0.15, 0.2) is 61.1 Å². The van der Waals surface area contributed by atoms with Crippen molar-refractivity contribution in [1.29, 1.82) is 0 Å². The summed E-state index contributed by atoms with van der Waals surface area (Å²) in [5.74, 6) is 1.14. The van der Waals surface area contributed by atoms with Crippen LogP contribution in [-0.4, -0.2) is 47.7 Å². The average Bonchev–Trinajstić information content (AvgIpc) is 2.89. The van der Waals surface area contributed by atoms with Gasteiger partial charge in [-0.25, -0.2) is 9.97 Å². The van der Waals surface area contributed by atoms with Crippen LogP contribution in [-0.2, 0) is 16.1 Å². The van der Waals surface area contributed by atoms with Crippen LogP contribution in [0.4, 0.5) is 17.2 Å². The molecule has 0 spiro atoms. The second kappa shape index (κ2) is 12.1. The summed E-state index contributed by atoms with van der Waals surface area (Å²) in [6, 6.07) is 14.4. The van der Waals surface area contributed by atoms with Gasteiger partial charge in [-0.2, -0.15) is 0 Å². The van der Waals surface area contributed by atoms with Gasteiger partial charge in [-0.05, 0) is 36.4 Å². The van der Waals surface area contributed by atoms with E-state index in [0.717, 1.165) is 5.69 Å². The number of pyridine rings is 1. The molecule has 0 bridgehead atoms. The molecule has 0 aliphatic carbocycles. The number of amides is 1. The molecule has 1 amide bonds. The molecule has 0 unspecified atom stereocenters. The van der Waals surface area contributed by atoms with Crippen LogP contribution in [0.3, 0.4) is 0 Å². The van der Waals surface area contributed by atoms with Crippen molar-refractivity contribution in [1.82, 2.24) is 15.0 Å². The number of anilines is 3. The Kier molecular flexibility index (Phi) is 8.45. The number of hydrogen-bond acceptors (Lipinski definition) is 9. The third kappa shape index (κ3) is 6.36. The standard InChI is InChI=1S/C25H25ClN6O4/c1-34-8-9-35-23-12-20-18(11-21(23)32-24(33)13-27)25(30-15-29-20)31-16-5-6-22(19(26)10-16)36-14-17-4-2-3-7-28-17/h2-7,10-12,15H,8-9,13-14,27H2,1H3,(H,32,33)(H,29,30,31).